The summed E-state index contributed by atoms with van der Waals surface area (Å²) in [6, 6.07) is 3.63. The molecule has 1 amide bonds. The molecule has 1 atom stereocenters. The Hall–Kier alpha value is -1.64. The van der Waals surface area contributed by atoms with Crippen LogP contribution in [0, 0.1) is 0 Å². The molecule has 0 unspecified atom stereocenters. The lowest BCUT2D eigenvalue weighted by Crippen LogP contribution is -2.49. The lowest BCUT2D eigenvalue weighted by atomic mass is 9.77. The number of nitrogens with one attached hydrogen (secondary N) is 1. The Labute approximate surface area is 127 Å². The maximum atomic E-state index is 12.4. The van der Waals surface area contributed by atoms with Gasteiger partial charge in [-0.1, -0.05) is 23.4 Å². The van der Waals surface area contributed by atoms with Gasteiger partial charge in [-0.3, -0.25) is 4.79 Å². The van der Waals surface area contributed by atoms with Crippen LogP contribution in [0.1, 0.15) is 18.2 Å². The lowest BCUT2D eigenvalue weighted by molar-refractivity contribution is -0.115. The van der Waals surface area contributed by atoms with E-state index >= 15 is 0 Å². The van der Waals surface area contributed by atoms with Crippen LogP contribution in [0.2, 0.25) is 0 Å². The van der Waals surface area contributed by atoms with Crippen molar-refractivity contribution < 1.29 is 19.3 Å². The van der Waals surface area contributed by atoms with Gasteiger partial charge in [-0.15, -0.1) is 11.3 Å². The molecule has 1 aromatic rings. The van der Waals surface area contributed by atoms with Crippen LogP contribution in [-0.2, 0) is 14.3 Å². The molecule has 0 spiro atoms. The first-order valence-electron chi connectivity index (χ1n) is 6.71. The summed E-state index contributed by atoms with van der Waals surface area (Å²) in [6.07, 6.45) is 4.18. The minimum Gasteiger partial charge on any atom is -0.426 e. The fourth-order valence-corrected chi connectivity index (χ4v) is 2.51. The molecule has 112 valence electrons. The largest absolute Gasteiger partial charge is 0.478 e. The van der Waals surface area contributed by atoms with Gasteiger partial charge in [-0.05, 0) is 24.8 Å². The van der Waals surface area contributed by atoms with Crippen LogP contribution >= 0.6 is 11.3 Å². The van der Waals surface area contributed by atoms with Gasteiger partial charge in [-0.2, -0.15) is 0 Å². The third-order valence-electron chi connectivity index (χ3n) is 2.84. The zero-order chi connectivity index (χ0) is 15.1. The van der Waals surface area contributed by atoms with Gasteiger partial charge in [0, 0.05) is 6.61 Å². The summed E-state index contributed by atoms with van der Waals surface area (Å²) in [5.41, 5.74) is 0.201. The number of hydrogen-bond acceptors (Lipinski definition) is 6. The van der Waals surface area contributed by atoms with Crippen molar-refractivity contribution in [3.8, 4) is 0 Å². The first-order valence-corrected chi connectivity index (χ1v) is 7.59. The average Bonchev–Trinajstić information content (AvgIpc) is 2.92. The summed E-state index contributed by atoms with van der Waals surface area (Å²) in [7, 11) is -1.04. The Kier molecular flexibility index (Phi) is 5.97. The SMILES string of the molecule is CCO/N=C(\C(=O)N[C@H]1CC=CCOB1O)c1cccs1. The molecular weight excluding hydrogens is 291 g/mol. The standard InChI is InChI=1S/C13H17BN2O4S/c1-2-20-16-12(10-6-5-9-21-10)13(17)15-11-7-3-4-8-19-14(11)18/h3-6,9,11,18H,2,7-8H2,1H3,(H,15,17)/b16-12-/t11-/m0/s1. The van der Waals surface area contributed by atoms with Gasteiger partial charge in [0.25, 0.3) is 5.91 Å². The van der Waals surface area contributed by atoms with Gasteiger partial charge >= 0.3 is 7.12 Å². The van der Waals surface area contributed by atoms with E-state index < -0.39 is 19.0 Å². The summed E-state index contributed by atoms with van der Waals surface area (Å²) in [5.74, 6) is -0.906. The van der Waals surface area contributed by atoms with Crippen molar-refractivity contribution in [1.29, 1.82) is 0 Å². The molecule has 6 nitrogen and oxygen atoms in total. The van der Waals surface area contributed by atoms with Crippen LogP contribution in [0.15, 0.2) is 34.8 Å². The van der Waals surface area contributed by atoms with Crippen LogP contribution in [0.25, 0.3) is 0 Å². The highest BCUT2D eigenvalue weighted by molar-refractivity contribution is 7.13. The third kappa shape index (κ3) is 4.42. The maximum Gasteiger partial charge on any atom is 0.478 e. The molecule has 2 rings (SSSR count). The summed E-state index contributed by atoms with van der Waals surface area (Å²) in [6.45, 7) is 2.50. The molecule has 1 aliphatic rings. The van der Waals surface area contributed by atoms with Gasteiger partial charge in [0.2, 0.25) is 0 Å². The number of oxime groups is 1. The van der Waals surface area contributed by atoms with E-state index in [1.54, 1.807) is 13.0 Å². The van der Waals surface area contributed by atoms with Crippen molar-refractivity contribution in [2.24, 2.45) is 5.16 Å². The Morgan fingerprint density at radius 3 is 3.24 bits per heavy atom. The molecule has 0 saturated carbocycles. The molecule has 1 aromatic heterocycles. The summed E-state index contributed by atoms with van der Waals surface area (Å²) in [5, 5.41) is 18.3. The van der Waals surface area contributed by atoms with E-state index in [9.17, 15) is 9.82 Å². The second-order valence-corrected chi connectivity index (χ2v) is 5.29. The second kappa shape index (κ2) is 7.97. The zero-order valence-corrected chi connectivity index (χ0v) is 12.5. The minimum absolute atomic E-state index is 0.201. The number of rotatable bonds is 5. The third-order valence-corrected chi connectivity index (χ3v) is 3.71. The number of amides is 1. The molecule has 0 radical (unpaired) electrons. The van der Waals surface area contributed by atoms with E-state index in [0.29, 0.717) is 24.5 Å². The number of nitrogens with zero attached hydrogens (tertiary/aromatic N) is 1. The molecule has 2 heterocycles. The number of hydrogen-bond donors (Lipinski definition) is 2. The Bertz CT molecular complexity index is 518. The first-order chi connectivity index (χ1) is 10.2. The van der Waals surface area contributed by atoms with E-state index in [4.69, 9.17) is 9.49 Å². The van der Waals surface area contributed by atoms with Gasteiger partial charge in [0.1, 0.15) is 6.61 Å². The monoisotopic (exact) mass is 308 g/mol. The minimum atomic E-state index is -1.04. The Balaban J connectivity index is 2.09. The van der Waals surface area contributed by atoms with Crippen molar-refractivity contribution in [2.45, 2.75) is 19.3 Å². The molecule has 21 heavy (non-hydrogen) atoms. The Morgan fingerprint density at radius 2 is 2.52 bits per heavy atom. The number of carbonyl (C=O) groups excluding carboxylic acids is 1. The maximum absolute atomic E-state index is 12.4. The normalized spacial score (nSPS) is 19.2. The highest BCUT2D eigenvalue weighted by Crippen LogP contribution is 2.12. The van der Waals surface area contributed by atoms with E-state index in [1.807, 2.05) is 23.6 Å². The summed E-state index contributed by atoms with van der Waals surface area (Å²) >= 11 is 1.40. The van der Waals surface area contributed by atoms with Crippen molar-refractivity contribution in [2.75, 3.05) is 13.2 Å². The molecule has 0 aromatic carbocycles. The predicted molar refractivity (Wildman–Crippen MR) is 82.1 cm³/mol. The van der Waals surface area contributed by atoms with Crippen molar-refractivity contribution in [3.05, 3.63) is 34.5 Å². The van der Waals surface area contributed by atoms with Crippen LogP contribution in [0.5, 0.6) is 0 Å². The van der Waals surface area contributed by atoms with Gasteiger partial charge in [-0.25, -0.2) is 0 Å². The molecular formula is C13H17BN2O4S. The van der Waals surface area contributed by atoms with Crippen LogP contribution in [0.3, 0.4) is 0 Å². The van der Waals surface area contributed by atoms with Crippen LogP contribution in [-0.4, -0.2) is 42.9 Å². The highest BCUT2D eigenvalue weighted by Gasteiger charge is 2.30. The smallest absolute Gasteiger partial charge is 0.426 e. The predicted octanol–water partition coefficient (Wildman–Crippen LogP) is 0.970. The molecule has 0 bridgehead atoms. The second-order valence-electron chi connectivity index (χ2n) is 4.35. The van der Waals surface area contributed by atoms with E-state index in [0.717, 1.165) is 0 Å². The highest BCUT2D eigenvalue weighted by atomic mass is 32.1. The fraction of sp³-hybridized carbons (Fsp3) is 0.385. The van der Waals surface area contributed by atoms with Crippen molar-refractivity contribution >= 4 is 30.1 Å². The van der Waals surface area contributed by atoms with Gasteiger partial charge < -0.3 is 19.8 Å². The Morgan fingerprint density at radius 1 is 1.67 bits per heavy atom. The molecule has 8 heteroatoms. The quantitative estimate of drug-likeness (QED) is 0.368. The van der Waals surface area contributed by atoms with Crippen molar-refractivity contribution in [3.63, 3.8) is 0 Å². The lowest BCUT2D eigenvalue weighted by Gasteiger charge is -2.17. The van der Waals surface area contributed by atoms with Gasteiger partial charge in [0.05, 0.1) is 10.8 Å². The first kappa shape index (κ1) is 15.7. The molecule has 0 aliphatic carbocycles. The van der Waals surface area contributed by atoms with E-state index in [-0.39, 0.29) is 5.71 Å². The summed E-state index contributed by atoms with van der Waals surface area (Å²) < 4.78 is 5.15. The van der Waals surface area contributed by atoms with Crippen LogP contribution in [0.4, 0.5) is 0 Å². The van der Waals surface area contributed by atoms with Crippen molar-refractivity contribution in [1.82, 2.24) is 5.32 Å². The van der Waals surface area contributed by atoms with E-state index in [2.05, 4.69) is 10.5 Å². The van der Waals surface area contributed by atoms with E-state index in [1.165, 1.54) is 11.3 Å². The average molecular weight is 308 g/mol. The topological polar surface area (TPSA) is 80.2 Å². The van der Waals surface area contributed by atoms with Gasteiger partial charge in [0.15, 0.2) is 5.71 Å². The molecule has 1 aliphatic heterocycles. The fourth-order valence-electron chi connectivity index (χ4n) is 1.81. The molecule has 0 saturated heterocycles. The molecule has 2 N–H and O–H groups in total. The summed E-state index contributed by atoms with van der Waals surface area (Å²) in [4.78, 5) is 18.1. The number of thiophene rings is 1. The zero-order valence-electron chi connectivity index (χ0n) is 11.7. The van der Waals surface area contributed by atoms with Crippen LogP contribution < -0.4 is 5.32 Å². The molecule has 0 fully saturated rings. The number of carbonyl (C=O) groups is 1.